The van der Waals surface area contributed by atoms with Crippen molar-refractivity contribution < 1.29 is 18.1 Å². The molecule has 2 heterocycles. The van der Waals surface area contributed by atoms with Crippen LogP contribution in [-0.2, 0) is 14.8 Å². The summed E-state index contributed by atoms with van der Waals surface area (Å²) in [5, 5.41) is 18.3. The highest BCUT2D eigenvalue weighted by Gasteiger charge is 2.34. The molecule has 10 nitrogen and oxygen atoms in total. The summed E-state index contributed by atoms with van der Waals surface area (Å²) in [7, 11) is -4.01. The highest BCUT2D eigenvalue weighted by molar-refractivity contribution is 7.89. The molecule has 1 saturated carbocycles. The molecule has 1 aromatic carbocycles. The normalized spacial score (nSPS) is 18.7. The zero-order chi connectivity index (χ0) is 22.9. The Morgan fingerprint density at radius 1 is 1.16 bits per heavy atom. The molecular weight excluding hydrogens is 458 g/mol. The quantitative estimate of drug-likeness (QED) is 0.496. The van der Waals surface area contributed by atoms with Crippen molar-refractivity contribution in [2.75, 3.05) is 18.4 Å². The third-order valence-corrected chi connectivity index (χ3v) is 8.54. The van der Waals surface area contributed by atoms with Crippen molar-refractivity contribution in [3.8, 4) is 0 Å². The molecule has 172 valence electrons. The van der Waals surface area contributed by atoms with Crippen LogP contribution in [0.25, 0.3) is 0 Å². The number of hydrogen-bond acceptors (Lipinski definition) is 6. The van der Waals surface area contributed by atoms with Gasteiger partial charge >= 0.3 is 0 Å². The molecule has 1 saturated heterocycles. The Labute approximate surface area is 190 Å². The standard InChI is InChI=1S/C20H24ClN5O5S/c21-17-6-5-16(26(28)29)13-18(17)32(30,31)24-11-8-14(9-12-24)20(27)23-19-7-10-22-25(19)15-3-1-2-4-15/h5-7,10,13-15H,1-4,8-9,11-12H2,(H,23,27). The van der Waals surface area contributed by atoms with Gasteiger partial charge in [-0.05, 0) is 31.7 Å². The number of carbonyl (C=O) groups is 1. The lowest BCUT2D eigenvalue weighted by molar-refractivity contribution is -0.385. The molecule has 1 aromatic heterocycles. The van der Waals surface area contributed by atoms with Crippen LogP contribution < -0.4 is 5.32 Å². The first-order valence-electron chi connectivity index (χ1n) is 10.6. The van der Waals surface area contributed by atoms with Crippen LogP contribution in [0, 0.1) is 16.0 Å². The van der Waals surface area contributed by atoms with Gasteiger partial charge in [0.05, 0.1) is 22.2 Å². The van der Waals surface area contributed by atoms with E-state index in [1.807, 2.05) is 4.68 Å². The van der Waals surface area contributed by atoms with Crippen LogP contribution in [0.3, 0.4) is 0 Å². The van der Waals surface area contributed by atoms with Crippen LogP contribution in [0.2, 0.25) is 5.02 Å². The Bertz CT molecular complexity index is 1120. The molecule has 2 fully saturated rings. The predicted octanol–water partition coefficient (Wildman–Crippen LogP) is 3.60. The minimum absolute atomic E-state index is 0.0735. The van der Waals surface area contributed by atoms with E-state index in [0.29, 0.717) is 24.7 Å². The fraction of sp³-hybridized carbons (Fsp3) is 0.500. The van der Waals surface area contributed by atoms with E-state index < -0.39 is 14.9 Å². The van der Waals surface area contributed by atoms with Crippen LogP contribution in [0.15, 0.2) is 35.4 Å². The predicted molar refractivity (Wildman–Crippen MR) is 118 cm³/mol. The summed E-state index contributed by atoms with van der Waals surface area (Å²) >= 11 is 6.03. The first-order valence-corrected chi connectivity index (χ1v) is 12.4. The van der Waals surface area contributed by atoms with E-state index in [-0.39, 0.29) is 40.5 Å². The SMILES string of the molecule is O=C(Nc1ccnn1C1CCCC1)C1CCN(S(=O)(=O)c2cc([N+](=O)[O-])ccc2Cl)CC1. The highest BCUT2D eigenvalue weighted by atomic mass is 35.5. The molecule has 32 heavy (non-hydrogen) atoms. The number of amides is 1. The van der Waals surface area contributed by atoms with Gasteiger partial charge in [0, 0.05) is 37.2 Å². The largest absolute Gasteiger partial charge is 0.311 e. The van der Waals surface area contributed by atoms with E-state index in [0.717, 1.165) is 37.8 Å². The summed E-state index contributed by atoms with van der Waals surface area (Å²) in [6.07, 6.45) is 6.75. The third-order valence-electron chi connectivity index (χ3n) is 6.16. The summed E-state index contributed by atoms with van der Waals surface area (Å²) in [5.41, 5.74) is -0.346. The summed E-state index contributed by atoms with van der Waals surface area (Å²) < 4.78 is 29.1. The number of halogens is 1. The molecule has 1 amide bonds. The van der Waals surface area contributed by atoms with Gasteiger partial charge in [0.25, 0.3) is 5.69 Å². The maximum absolute atomic E-state index is 13.0. The van der Waals surface area contributed by atoms with E-state index >= 15 is 0 Å². The van der Waals surface area contributed by atoms with Crippen molar-refractivity contribution in [1.29, 1.82) is 0 Å². The fourth-order valence-corrected chi connectivity index (χ4v) is 6.35. The Morgan fingerprint density at radius 2 is 1.84 bits per heavy atom. The number of nitro groups is 1. The first-order chi connectivity index (χ1) is 15.3. The van der Waals surface area contributed by atoms with Crippen molar-refractivity contribution >= 4 is 39.0 Å². The Balaban J connectivity index is 1.41. The highest BCUT2D eigenvalue weighted by Crippen LogP contribution is 2.33. The number of hydrogen-bond donors (Lipinski definition) is 1. The number of anilines is 1. The van der Waals surface area contributed by atoms with E-state index in [2.05, 4.69) is 10.4 Å². The molecule has 0 spiro atoms. The Hall–Kier alpha value is -2.50. The van der Waals surface area contributed by atoms with Crippen LogP contribution in [0.1, 0.15) is 44.6 Å². The van der Waals surface area contributed by atoms with Crippen LogP contribution in [0.5, 0.6) is 0 Å². The number of benzene rings is 1. The molecule has 4 rings (SSSR count). The molecule has 0 radical (unpaired) electrons. The van der Waals surface area contributed by atoms with Gasteiger partial charge in [0.2, 0.25) is 15.9 Å². The topological polar surface area (TPSA) is 127 Å². The average Bonchev–Trinajstić information content (AvgIpc) is 3.45. The van der Waals surface area contributed by atoms with Gasteiger partial charge in [-0.2, -0.15) is 9.40 Å². The smallest absolute Gasteiger partial charge is 0.270 e. The number of aromatic nitrogens is 2. The summed E-state index contributed by atoms with van der Waals surface area (Å²) in [5.74, 6) is 0.171. The number of sulfonamides is 1. The molecule has 1 N–H and O–H groups in total. The fourth-order valence-electron chi connectivity index (χ4n) is 4.38. The monoisotopic (exact) mass is 481 g/mol. The number of nitrogens with zero attached hydrogens (tertiary/aromatic N) is 4. The van der Waals surface area contributed by atoms with E-state index in [4.69, 9.17) is 11.6 Å². The van der Waals surface area contributed by atoms with Gasteiger partial charge in [-0.15, -0.1) is 0 Å². The van der Waals surface area contributed by atoms with Gasteiger partial charge in [0.1, 0.15) is 10.7 Å². The van der Waals surface area contributed by atoms with Gasteiger partial charge in [0.15, 0.2) is 0 Å². The average molecular weight is 482 g/mol. The van der Waals surface area contributed by atoms with E-state index in [1.165, 1.54) is 10.4 Å². The Morgan fingerprint density at radius 3 is 2.50 bits per heavy atom. The minimum atomic E-state index is -4.01. The van der Waals surface area contributed by atoms with Crippen molar-refractivity contribution in [3.63, 3.8) is 0 Å². The van der Waals surface area contributed by atoms with Crippen molar-refractivity contribution in [2.24, 2.45) is 5.92 Å². The zero-order valence-corrected chi connectivity index (χ0v) is 18.9. The number of piperidine rings is 1. The first kappa shape index (κ1) is 22.7. The molecule has 1 aliphatic carbocycles. The second-order valence-electron chi connectivity index (χ2n) is 8.14. The number of nitro benzene ring substituents is 1. The van der Waals surface area contributed by atoms with Gasteiger partial charge < -0.3 is 5.32 Å². The van der Waals surface area contributed by atoms with Crippen molar-refractivity contribution in [3.05, 3.63) is 45.6 Å². The van der Waals surface area contributed by atoms with Gasteiger partial charge in [-0.3, -0.25) is 14.9 Å². The van der Waals surface area contributed by atoms with Gasteiger partial charge in [-0.1, -0.05) is 24.4 Å². The van der Waals surface area contributed by atoms with Crippen LogP contribution in [-0.4, -0.2) is 46.4 Å². The Kier molecular flexibility index (Phi) is 6.50. The van der Waals surface area contributed by atoms with Crippen molar-refractivity contribution in [1.82, 2.24) is 14.1 Å². The maximum atomic E-state index is 13.0. The summed E-state index contributed by atoms with van der Waals surface area (Å²) in [4.78, 5) is 22.9. The molecule has 0 atom stereocenters. The zero-order valence-electron chi connectivity index (χ0n) is 17.3. The maximum Gasteiger partial charge on any atom is 0.270 e. The van der Waals surface area contributed by atoms with Crippen LogP contribution >= 0.6 is 11.6 Å². The van der Waals surface area contributed by atoms with E-state index in [1.54, 1.807) is 12.3 Å². The molecule has 0 bridgehead atoms. The number of nitrogens with one attached hydrogen (secondary N) is 1. The number of rotatable bonds is 6. The molecule has 1 aliphatic heterocycles. The van der Waals surface area contributed by atoms with Gasteiger partial charge in [-0.25, -0.2) is 13.1 Å². The lowest BCUT2D eigenvalue weighted by atomic mass is 9.97. The lowest BCUT2D eigenvalue weighted by Crippen LogP contribution is -2.41. The summed E-state index contributed by atoms with van der Waals surface area (Å²) in [6.45, 7) is 0.253. The van der Waals surface area contributed by atoms with Crippen molar-refractivity contribution in [2.45, 2.75) is 49.5 Å². The molecule has 0 unspecified atom stereocenters. The van der Waals surface area contributed by atoms with Crippen LogP contribution in [0.4, 0.5) is 11.5 Å². The molecular formula is C20H24ClN5O5S. The third kappa shape index (κ3) is 4.50. The lowest BCUT2D eigenvalue weighted by Gasteiger charge is -2.30. The number of non-ortho nitro benzene ring substituents is 1. The molecule has 2 aliphatic rings. The number of carbonyl (C=O) groups excluding carboxylic acids is 1. The second-order valence-corrected chi connectivity index (χ2v) is 10.5. The summed E-state index contributed by atoms with van der Waals surface area (Å²) in [6, 6.07) is 5.42. The minimum Gasteiger partial charge on any atom is -0.311 e. The molecule has 12 heteroatoms. The molecule has 2 aromatic rings. The van der Waals surface area contributed by atoms with E-state index in [9.17, 15) is 23.3 Å². The second kappa shape index (κ2) is 9.16.